The number of nitriles is 1. The maximum absolute atomic E-state index is 10.0. The van der Waals surface area contributed by atoms with Crippen LogP contribution in [-0.2, 0) is 0 Å². The Balaban J connectivity index is 1.44. The van der Waals surface area contributed by atoms with Crippen LogP contribution in [0.4, 0.5) is 5.82 Å². The molecule has 2 fully saturated rings. The fourth-order valence-corrected chi connectivity index (χ4v) is 5.56. The molecule has 3 aromatic rings. The third kappa shape index (κ3) is 4.28. The number of aromatic nitrogens is 3. The van der Waals surface area contributed by atoms with Gasteiger partial charge in [-0.2, -0.15) is 10.4 Å². The maximum atomic E-state index is 10.0. The van der Waals surface area contributed by atoms with Crippen LogP contribution in [-0.4, -0.2) is 45.0 Å². The molecule has 0 spiro atoms. The van der Waals surface area contributed by atoms with E-state index in [0.717, 1.165) is 47.4 Å². The molecule has 2 unspecified atom stereocenters. The van der Waals surface area contributed by atoms with Gasteiger partial charge in [-0.15, -0.1) is 0 Å². The molecule has 0 aromatic carbocycles. The van der Waals surface area contributed by atoms with Crippen LogP contribution in [0.1, 0.15) is 46.1 Å². The van der Waals surface area contributed by atoms with E-state index in [9.17, 15) is 10.4 Å². The quantitative estimate of drug-likeness (QED) is 0.630. The van der Waals surface area contributed by atoms with Gasteiger partial charge in [-0.1, -0.05) is 13.8 Å². The topological polar surface area (TPSA) is 86.7 Å². The molecule has 1 saturated carbocycles. The maximum Gasteiger partial charge on any atom is 0.138 e. The number of pyridine rings is 2. The first kappa shape index (κ1) is 21.7. The minimum absolute atomic E-state index is 0.148. The van der Waals surface area contributed by atoms with Crippen molar-refractivity contribution in [2.45, 2.75) is 46.1 Å². The number of rotatable bonds is 5. The minimum atomic E-state index is -0.955. The Kier molecular flexibility index (Phi) is 5.09. The summed E-state index contributed by atoms with van der Waals surface area (Å²) in [7, 11) is 0. The minimum Gasteiger partial charge on any atom is -0.489 e. The average molecular weight is 446 g/mol. The molecule has 1 aliphatic carbocycles. The molecule has 0 radical (unpaired) electrons. The highest BCUT2D eigenvalue weighted by atomic mass is 16.5. The standard InChI is InChI=1S/C26H31N5O2/c1-25(2)8-18-13-30(14-19(18)9-25)23-6-5-17(11-28-23)22-7-21(33-16-26(3,4)32)15-31-24(22)20(10-27)12-29-31/h5-7,11-12,15,18-19,32H,8-9,13-14,16H2,1-4H3. The molecule has 1 saturated heterocycles. The third-order valence-electron chi connectivity index (χ3n) is 6.89. The van der Waals surface area contributed by atoms with Crippen molar-refractivity contribution in [2.24, 2.45) is 17.3 Å². The van der Waals surface area contributed by atoms with E-state index in [4.69, 9.17) is 9.72 Å². The Morgan fingerprint density at radius 2 is 1.94 bits per heavy atom. The lowest BCUT2D eigenvalue weighted by molar-refractivity contribution is 0.0283. The summed E-state index contributed by atoms with van der Waals surface area (Å²) in [6.07, 6.45) is 7.75. The predicted molar refractivity (Wildman–Crippen MR) is 127 cm³/mol. The van der Waals surface area contributed by atoms with Crippen LogP contribution in [0.15, 0.2) is 36.8 Å². The number of anilines is 1. The molecular formula is C26H31N5O2. The molecule has 0 bridgehead atoms. The molecule has 2 atom stereocenters. The Hall–Kier alpha value is -3.11. The van der Waals surface area contributed by atoms with Crippen molar-refractivity contribution in [2.75, 3.05) is 24.6 Å². The van der Waals surface area contributed by atoms with E-state index in [1.807, 2.05) is 12.3 Å². The highest BCUT2D eigenvalue weighted by molar-refractivity contribution is 5.85. The van der Waals surface area contributed by atoms with E-state index in [0.29, 0.717) is 16.7 Å². The van der Waals surface area contributed by atoms with Gasteiger partial charge in [-0.05, 0) is 62.1 Å². The van der Waals surface area contributed by atoms with Crippen molar-refractivity contribution < 1.29 is 9.84 Å². The highest BCUT2D eigenvalue weighted by Crippen LogP contribution is 2.49. The summed E-state index contributed by atoms with van der Waals surface area (Å²) in [6.45, 7) is 10.5. The van der Waals surface area contributed by atoms with Crippen LogP contribution in [0, 0.1) is 28.6 Å². The fourth-order valence-electron chi connectivity index (χ4n) is 5.56. The van der Waals surface area contributed by atoms with E-state index in [1.54, 1.807) is 30.8 Å². The summed E-state index contributed by atoms with van der Waals surface area (Å²) in [4.78, 5) is 7.20. The summed E-state index contributed by atoms with van der Waals surface area (Å²) in [5, 5.41) is 24.0. The van der Waals surface area contributed by atoms with E-state index in [1.165, 1.54) is 12.8 Å². The normalized spacial score (nSPS) is 21.9. The molecule has 2 aliphatic rings. The molecule has 3 aromatic heterocycles. The van der Waals surface area contributed by atoms with E-state index in [2.05, 4.69) is 42.0 Å². The second-order valence-electron chi connectivity index (χ2n) is 11.1. The SMILES string of the molecule is CC(C)(O)COc1cc(-c2ccc(N3CC4CC(C)(C)CC4C3)nc2)c2c(C#N)cnn2c1. The number of hydrogen-bond acceptors (Lipinski definition) is 6. The zero-order valence-corrected chi connectivity index (χ0v) is 19.7. The second-order valence-corrected chi connectivity index (χ2v) is 11.1. The Morgan fingerprint density at radius 1 is 1.21 bits per heavy atom. The first-order valence-corrected chi connectivity index (χ1v) is 11.6. The van der Waals surface area contributed by atoms with Crippen molar-refractivity contribution in [3.8, 4) is 22.9 Å². The number of fused-ring (bicyclic) bond motifs is 2. The lowest BCUT2D eigenvalue weighted by Crippen LogP contribution is -2.27. The van der Waals surface area contributed by atoms with Crippen molar-refractivity contribution >= 4 is 11.3 Å². The smallest absolute Gasteiger partial charge is 0.138 e. The molecule has 1 N–H and O–H groups in total. The average Bonchev–Trinajstić information content (AvgIpc) is 3.41. The van der Waals surface area contributed by atoms with Gasteiger partial charge in [0.1, 0.15) is 24.2 Å². The first-order valence-electron chi connectivity index (χ1n) is 11.6. The van der Waals surface area contributed by atoms with Gasteiger partial charge >= 0.3 is 0 Å². The highest BCUT2D eigenvalue weighted by Gasteiger charge is 2.44. The lowest BCUT2D eigenvalue weighted by Gasteiger charge is -2.23. The number of hydrogen-bond donors (Lipinski definition) is 1. The van der Waals surface area contributed by atoms with Crippen LogP contribution < -0.4 is 9.64 Å². The van der Waals surface area contributed by atoms with Gasteiger partial charge in [0.05, 0.1) is 29.1 Å². The van der Waals surface area contributed by atoms with Gasteiger partial charge in [0, 0.05) is 30.4 Å². The molecule has 33 heavy (non-hydrogen) atoms. The molecule has 5 rings (SSSR count). The van der Waals surface area contributed by atoms with E-state index in [-0.39, 0.29) is 6.61 Å². The van der Waals surface area contributed by atoms with Crippen molar-refractivity contribution in [1.29, 1.82) is 5.26 Å². The molecule has 7 heteroatoms. The molecule has 1 aliphatic heterocycles. The summed E-state index contributed by atoms with van der Waals surface area (Å²) >= 11 is 0. The van der Waals surface area contributed by atoms with E-state index < -0.39 is 5.60 Å². The van der Waals surface area contributed by atoms with Crippen LogP contribution >= 0.6 is 0 Å². The van der Waals surface area contributed by atoms with E-state index >= 15 is 0 Å². The fraction of sp³-hybridized carbons (Fsp3) is 0.500. The van der Waals surface area contributed by atoms with Gasteiger partial charge in [0.15, 0.2) is 0 Å². The van der Waals surface area contributed by atoms with Crippen LogP contribution in [0.3, 0.4) is 0 Å². The number of aliphatic hydroxyl groups is 1. The summed E-state index contributed by atoms with van der Waals surface area (Å²) in [5.74, 6) is 3.10. The molecule has 0 amide bonds. The summed E-state index contributed by atoms with van der Waals surface area (Å²) < 4.78 is 7.48. The van der Waals surface area contributed by atoms with Gasteiger partial charge in [0.2, 0.25) is 0 Å². The zero-order chi connectivity index (χ0) is 23.4. The van der Waals surface area contributed by atoms with Crippen LogP contribution in [0.25, 0.3) is 16.6 Å². The van der Waals surface area contributed by atoms with Gasteiger partial charge < -0.3 is 14.7 Å². The zero-order valence-electron chi connectivity index (χ0n) is 19.7. The van der Waals surface area contributed by atoms with Crippen molar-refractivity contribution in [1.82, 2.24) is 14.6 Å². The van der Waals surface area contributed by atoms with Crippen LogP contribution in [0.2, 0.25) is 0 Å². The lowest BCUT2D eigenvalue weighted by atomic mass is 9.90. The Bertz CT molecular complexity index is 1200. The Labute approximate surface area is 194 Å². The number of ether oxygens (including phenoxy) is 1. The molecule has 172 valence electrons. The van der Waals surface area contributed by atoms with Crippen LogP contribution in [0.5, 0.6) is 5.75 Å². The van der Waals surface area contributed by atoms with Gasteiger partial charge in [-0.25, -0.2) is 9.50 Å². The number of nitrogens with zero attached hydrogens (tertiary/aromatic N) is 5. The first-order chi connectivity index (χ1) is 15.6. The monoisotopic (exact) mass is 445 g/mol. The molecule has 4 heterocycles. The second kappa shape index (κ2) is 7.74. The predicted octanol–water partition coefficient (Wildman–Crippen LogP) is 4.29. The third-order valence-corrected chi connectivity index (χ3v) is 6.89. The van der Waals surface area contributed by atoms with Crippen molar-refractivity contribution in [3.05, 3.63) is 42.4 Å². The van der Waals surface area contributed by atoms with Gasteiger partial charge in [0.25, 0.3) is 0 Å². The van der Waals surface area contributed by atoms with Crippen molar-refractivity contribution in [3.63, 3.8) is 0 Å². The van der Waals surface area contributed by atoms with Gasteiger partial charge in [-0.3, -0.25) is 0 Å². The largest absolute Gasteiger partial charge is 0.489 e. The summed E-state index contributed by atoms with van der Waals surface area (Å²) in [5.41, 5.74) is 2.46. The Morgan fingerprint density at radius 3 is 2.55 bits per heavy atom. The molecule has 7 nitrogen and oxygen atoms in total. The summed E-state index contributed by atoms with van der Waals surface area (Å²) in [6, 6.07) is 8.25. The molecular weight excluding hydrogens is 414 g/mol.